The molecule has 120 valence electrons. The zero-order valence-electron chi connectivity index (χ0n) is 12.7. The fourth-order valence-corrected chi connectivity index (χ4v) is 2.96. The molecule has 2 rings (SSSR count). The van der Waals surface area contributed by atoms with Gasteiger partial charge in [-0.15, -0.1) is 0 Å². The lowest BCUT2D eigenvalue weighted by molar-refractivity contribution is -0.150. The van der Waals surface area contributed by atoms with Crippen LogP contribution in [0.4, 0.5) is 4.79 Å². The van der Waals surface area contributed by atoms with E-state index >= 15 is 0 Å². The first-order valence-electron chi connectivity index (χ1n) is 7.35. The van der Waals surface area contributed by atoms with Crippen LogP contribution >= 0.6 is 0 Å². The van der Waals surface area contributed by atoms with Crippen LogP contribution < -0.4 is 5.32 Å². The zero-order valence-corrected chi connectivity index (χ0v) is 12.7. The molecular formula is C14H24N2O5. The molecule has 0 saturated carbocycles. The summed E-state index contributed by atoms with van der Waals surface area (Å²) in [6.45, 7) is 3.46. The molecule has 2 unspecified atom stereocenters. The van der Waals surface area contributed by atoms with E-state index in [4.69, 9.17) is 9.47 Å². The first kappa shape index (κ1) is 16.0. The van der Waals surface area contributed by atoms with Gasteiger partial charge in [-0.05, 0) is 26.2 Å². The van der Waals surface area contributed by atoms with Gasteiger partial charge in [0.15, 0.2) is 0 Å². The third kappa shape index (κ3) is 3.13. The summed E-state index contributed by atoms with van der Waals surface area (Å²) in [4.78, 5) is 25.3. The van der Waals surface area contributed by atoms with Crippen LogP contribution in [0.2, 0.25) is 0 Å². The summed E-state index contributed by atoms with van der Waals surface area (Å²) in [7, 11) is 1.60. The number of methoxy groups -OCH3 is 1. The molecule has 2 aliphatic heterocycles. The molecule has 7 nitrogen and oxygen atoms in total. The molecular weight excluding hydrogens is 276 g/mol. The van der Waals surface area contributed by atoms with Crippen molar-refractivity contribution < 1.29 is 24.2 Å². The Balaban J connectivity index is 1.99. The van der Waals surface area contributed by atoms with E-state index in [0.717, 1.165) is 19.3 Å². The van der Waals surface area contributed by atoms with Crippen molar-refractivity contribution in [1.82, 2.24) is 10.2 Å². The van der Waals surface area contributed by atoms with E-state index in [1.807, 2.05) is 0 Å². The van der Waals surface area contributed by atoms with Crippen molar-refractivity contribution in [1.29, 1.82) is 0 Å². The summed E-state index contributed by atoms with van der Waals surface area (Å²) in [5, 5.41) is 12.2. The topological polar surface area (TPSA) is 88.1 Å². The van der Waals surface area contributed by atoms with Crippen molar-refractivity contribution in [2.24, 2.45) is 0 Å². The monoisotopic (exact) mass is 300 g/mol. The van der Waals surface area contributed by atoms with Crippen molar-refractivity contribution in [3.05, 3.63) is 0 Å². The van der Waals surface area contributed by atoms with Crippen molar-refractivity contribution in [2.45, 2.75) is 43.7 Å². The normalized spacial score (nSPS) is 33.0. The van der Waals surface area contributed by atoms with E-state index in [9.17, 15) is 14.7 Å². The SMILES string of the molecule is COC1(CNC(=O)N2CCCCC2(C)C(=O)O)CCOC1. The maximum absolute atomic E-state index is 12.4. The quantitative estimate of drug-likeness (QED) is 0.803. The lowest BCUT2D eigenvalue weighted by atomic mass is 9.89. The summed E-state index contributed by atoms with van der Waals surface area (Å²) in [5.74, 6) is -0.956. The van der Waals surface area contributed by atoms with E-state index in [0.29, 0.717) is 32.7 Å². The molecule has 2 heterocycles. The lowest BCUT2D eigenvalue weighted by Crippen LogP contribution is -2.61. The Hall–Kier alpha value is -1.34. The van der Waals surface area contributed by atoms with Gasteiger partial charge in [-0.25, -0.2) is 9.59 Å². The number of carboxylic acids is 1. The van der Waals surface area contributed by atoms with Crippen LogP contribution in [-0.2, 0) is 14.3 Å². The Morgan fingerprint density at radius 3 is 2.71 bits per heavy atom. The minimum absolute atomic E-state index is 0.328. The van der Waals surface area contributed by atoms with Crippen LogP contribution in [0.5, 0.6) is 0 Å². The summed E-state index contributed by atoms with van der Waals surface area (Å²) in [6, 6.07) is -0.345. The Morgan fingerprint density at radius 1 is 1.38 bits per heavy atom. The van der Waals surface area contributed by atoms with Gasteiger partial charge in [0.2, 0.25) is 0 Å². The second-order valence-electron chi connectivity index (χ2n) is 6.04. The number of nitrogens with zero attached hydrogens (tertiary/aromatic N) is 1. The van der Waals surface area contributed by atoms with Crippen molar-refractivity contribution in [3.63, 3.8) is 0 Å². The van der Waals surface area contributed by atoms with Gasteiger partial charge in [0.1, 0.15) is 11.1 Å². The molecule has 2 fully saturated rings. The molecule has 2 aliphatic rings. The molecule has 2 atom stereocenters. The number of ether oxygens (including phenoxy) is 2. The minimum Gasteiger partial charge on any atom is -0.480 e. The molecule has 0 radical (unpaired) electrons. The maximum atomic E-state index is 12.4. The largest absolute Gasteiger partial charge is 0.480 e. The highest BCUT2D eigenvalue weighted by Crippen LogP contribution is 2.28. The number of rotatable bonds is 4. The molecule has 0 aliphatic carbocycles. The number of likely N-dealkylation sites (tertiary alicyclic amines) is 1. The van der Waals surface area contributed by atoms with Crippen LogP contribution in [-0.4, -0.2) is 66.6 Å². The second kappa shape index (κ2) is 6.19. The Labute approximate surface area is 124 Å². The number of urea groups is 1. The Bertz CT molecular complexity index is 408. The fraction of sp³-hybridized carbons (Fsp3) is 0.857. The summed E-state index contributed by atoms with van der Waals surface area (Å²) < 4.78 is 10.8. The number of piperidine rings is 1. The van der Waals surface area contributed by atoms with Crippen molar-refractivity contribution in [3.8, 4) is 0 Å². The van der Waals surface area contributed by atoms with Gasteiger partial charge in [-0.1, -0.05) is 0 Å². The first-order valence-corrected chi connectivity index (χ1v) is 7.35. The molecule has 0 spiro atoms. The zero-order chi connectivity index (χ0) is 15.5. The molecule has 2 N–H and O–H groups in total. The summed E-state index contributed by atoms with van der Waals surface area (Å²) in [5.41, 5.74) is -1.63. The highest BCUT2D eigenvalue weighted by molar-refractivity contribution is 5.86. The number of nitrogens with one attached hydrogen (secondary N) is 1. The molecule has 7 heteroatoms. The average Bonchev–Trinajstić information content (AvgIpc) is 2.94. The van der Waals surface area contributed by atoms with E-state index in [1.54, 1.807) is 14.0 Å². The predicted octanol–water partition coefficient (Wildman–Crippen LogP) is 0.831. The summed E-state index contributed by atoms with van der Waals surface area (Å²) >= 11 is 0. The van der Waals surface area contributed by atoms with E-state index in [2.05, 4.69) is 5.32 Å². The second-order valence-corrected chi connectivity index (χ2v) is 6.04. The Morgan fingerprint density at radius 2 is 2.14 bits per heavy atom. The molecule has 0 aromatic rings. The number of hydrogen-bond acceptors (Lipinski definition) is 4. The number of carboxylic acid groups (broad SMARTS) is 1. The predicted molar refractivity (Wildman–Crippen MR) is 75.2 cm³/mol. The number of hydrogen-bond donors (Lipinski definition) is 2. The van der Waals surface area contributed by atoms with Gasteiger partial charge in [-0.3, -0.25) is 0 Å². The van der Waals surface area contributed by atoms with Gasteiger partial charge in [-0.2, -0.15) is 0 Å². The van der Waals surface area contributed by atoms with Crippen molar-refractivity contribution in [2.75, 3.05) is 33.4 Å². The van der Waals surface area contributed by atoms with Gasteiger partial charge >= 0.3 is 12.0 Å². The number of carbonyl (C=O) groups excluding carboxylic acids is 1. The van der Waals surface area contributed by atoms with Gasteiger partial charge < -0.3 is 24.8 Å². The fourth-order valence-electron chi connectivity index (χ4n) is 2.96. The number of carbonyl (C=O) groups is 2. The number of aliphatic carboxylic acids is 1. The number of amides is 2. The molecule has 2 saturated heterocycles. The molecule has 0 bridgehead atoms. The van der Waals surface area contributed by atoms with Gasteiger partial charge in [0.25, 0.3) is 0 Å². The molecule has 0 aromatic heterocycles. The van der Waals surface area contributed by atoms with E-state index < -0.39 is 17.1 Å². The van der Waals surface area contributed by atoms with Crippen LogP contribution in [0.25, 0.3) is 0 Å². The third-order valence-electron chi connectivity index (χ3n) is 4.66. The van der Waals surface area contributed by atoms with Gasteiger partial charge in [0, 0.05) is 26.7 Å². The van der Waals surface area contributed by atoms with Gasteiger partial charge in [0.05, 0.1) is 13.2 Å². The van der Waals surface area contributed by atoms with E-state index in [-0.39, 0.29) is 6.03 Å². The van der Waals surface area contributed by atoms with Crippen molar-refractivity contribution >= 4 is 12.0 Å². The maximum Gasteiger partial charge on any atom is 0.329 e. The highest BCUT2D eigenvalue weighted by atomic mass is 16.5. The average molecular weight is 300 g/mol. The molecule has 0 aromatic carbocycles. The first-order chi connectivity index (χ1) is 9.93. The standard InChI is InChI=1S/C14H24N2O5/c1-13(11(17)18)5-3-4-7-16(13)12(19)15-9-14(20-2)6-8-21-10-14/h3-10H2,1-2H3,(H,15,19)(H,17,18). The van der Waals surface area contributed by atoms with E-state index in [1.165, 1.54) is 4.90 Å². The van der Waals surface area contributed by atoms with Crippen LogP contribution in [0.1, 0.15) is 32.6 Å². The van der Waals surface area contributed by atoms with Crippen LogP contribution in [0.3, 0.4) is 0 Å². The van der Waals surface area contributed by atoms with Crippen LogP contribution in [0.15, 0.2) is 0 Å². The lowest BCUT2D eigenvalue weighted by Gasteiger charge is -2.42. The highest BCUT2D eigenvalue weighted by Gasteiger charge is 2.44. The Kier molecular flexibility index (Phi) is 4.73. The van der Waals surface area contributed by atoms with Crippen LogP contribution in [0, 0.1) is 0 Å². The smallest absolute Gasteiger partial charge is 0.329 e. The molecule has 2 amide bonds. The molecule has 21 heavy (non-hydrogen) atoms. The minimum atomic E-state index is -1.13. The summed E-state index contributed by atoms with van der Waals surface area (Å²) in [6.07, 6.45) is 2.85. The third-order valence-corrected chi connectivity index (χ3v) is 4.66.